The normalized spacial score (nSPS) is 26.6. The van der Waals surface area contributed by atoms with Crippen molar-refractivity contribution >= 4 is 5.91 Å². The zero-order valence-electron chi connectivity index (χ0n) is 7.68. The van der Waals surface area contributed by atoms with E-state index in [1.165, 1.54) is 19.3 Å². The van der Waals surface area contributed by atoms with Gasteiger partial charge in [-0.25, -0.2) is 0 Å². The number of carbonyl (C=O) groups is 1. The van der Waals surface area contributed by atoms with Crippen molar-refractivity contribution in [1.29, 1.82) is 0 Å². The van der Waals surface area contributed by atoms with Crippen molar-refractivity contribution in [2.75, 3.05) is 6.54 Å². The van der Waals surface area contributed by atoms with Gasteiger partial charge in [-0.3, -0.25) is 4.79 Å². The van der Waals surface area contributed by atoms with Gasteiger partial charge in [-0.1, -0.05) is 13.3 Å². The van der Waals surface area contributed by atoms with Crippen LogP contribution in [0.4, 0.5) is 0 Å². The molecule has 3 N–H and O–H groups in total. The highest BCUT2D eigenvalue weighted by Crippen LogP contribution is 2.14. The van der Waals surface area contributed by atoms with E-state index < -0.39 is 0 Å². The number of amides is 1. The predicted octanol–water partition coefficient (Wildman–Crippen LogP) is 0.640. The van der Waals surface area contributed by atoms with Gasteiger partial charge in [0, 0.05) is 12.0 Å². The van der Waals surface area contributed by atoms with Crippen LogP contribution in [0.25, 0.3) is 0 Å². The maximum atomic E-state index is 10.8. The summed E-state index contributed by atoms with van der Waals surface area (Å²) in [6, 6.07) is 0.515. The van der Waals surface area contributed by atoms with Crippen molar-refractivity contribution in [1.82, 2.24) is 5.32 Å². The number of carbonyl (C=O) groups excluding carboxylic acids is 1. The molecule has 0 bridgehead atoms. The number of nitrogens with one attached hydrogen (secondary N) is 1. The Morgan fingerprint density at radius 2 is 2.42 bits per heavy atom. The summed E-state index contributed by atoms with van der Waals surface area (Å²) in [6.45, 7) is 2.99. The van der Waals surface area contributed by atoms with E-state index in [0.29, 0.717) is 6.04 Å². The predicted molar refractivity (Wildman–Crippen MR) is 48.6 cm³/mol. The van der Waals surface area contributed by atoms with Crippen molar-refractivity contribution in [3.63, 3.8) is 0 Å². The molecule has 0 aliphatic carbocycles. The lowest BCUT2D eigenvalue weighted by Crippen LogP contribution is -2.37. The van der Waals surface area contributed by atoms with Gasteiger partial charge in [-0.2, -0.15) is 0 Å². The molecule has 1 heterocycles. The summed E-state index contributed by atoms with van der Waals surface area (Å²) in [5.74, 6) is -0.164. The fraction of sp³-hybridized carbons (Fsp3) is 0.889. The minimum absolute atomic E-state index is 0.0144. The first-order valence-corrected chi connectivity index (χ1v) is 4.73. The van der Waals surface area contributed by atoms with Gasteiger partial charge in [0.1, 0.15) is 0 Å². The molecule has 0 radical (unpaired) electrons. The van der Waals surface area contributed by atoms with Gasteiger partial charge in [0.2, 0.25) is 5.91 Å². The summed E-state index contributed by atoms with van der Waals surface area (Å²) < 4.78 is 0. The number of piperidine rings is 1. The molecule has 1 amide bonds. The molecule has 1 rings (SSSR count). The second-order valence-corrected chi connectivity index (χ2v) is 3.69. The van der Waals surface area contributed by atoms with Crippen molar-refractivity contribution in [3.8, 4) is 0 Å². The van der Waals surface area contributed by atoms with Crippen molar-refractivity contribution < 1.29 is 4.79 Å². The van der Waals surface area contributed by atoms with Crippen LogP contribution in [0.5, 0.6) is 0 Å². The van der Waals surface area contributed by atoms with Crippen molar-refractivity contribution in [2.45, 2.75) is 38.6 Å². The Hall–Kier alpha value is -0.570. The number of hydrogen-bond donors (Lipinski definition) is 2. The molecule has 0 aromatic rings. The Labute approximate surface area is 73.7 Å². The number of hydrogen-bond acceptors (Lipinski definition) is 2. The lowest BCUT2D eigenvalue weighted by molar-refractivity contribution is -0.121. The first-order chi connectivity index (χ1) is 5.70. The van der Waals surface area contributed by atoms with E-state index in [0.717, 1.165) is 13.0 Å². The highest BCUT2D eigenvalue weighted by Gasteiger charge is 2.18. The average molecular weight is 170 g/mol. The Morgan fingerprint density at radius 3 is 2.92 bits per heavy atom. The topological polar surface area (TPSA) is 55.1 Å². The number of primary amides is 1. The molecule has 0 saturated carbocycles. The molecule has 3 nitrogen and oxygen atoms in total. The van der Waals surface area contributed by atoms with E-state index in [9.17, 15) is 4.79 Å². The number of nitrogens with two attached hydrogens (primary N) is 1. The summed E-state index contributed by atoms with van der Waals surface area (Å²) >= 11 is 0. The first kappa shape index (κ1) is 9.52. The fourth-order valence-corrected chi connectivity index (χ4v) is 1.67. The SMILES string of the molecule is C[C@@H](C[C@@H]1CCCCN1)C(N)=O. The molecule has 1 fully saturated rings. The van der Waals surface area contributed by atoms with Crippen molar-refractivity contribution in [3.05, 3.63) is 0 Å². The standard InChI is InChI=1S/C9H18N2O/c1-7(9(10)12)6-8-4-2-3-5-11-8/h7-8,11H,2-6H2,1H3,(H2,10,12)/t7-,8-/m0/s1. The molecule has 0 spiro atoms. The van der Waals surface area contributed by atoms with Crippen LogP contribution >= 0.6 is 0 Å². The molecule has 1 saturated heterocycles. The summed E-state index contributed by atoms with van der Waals surface area (Å²) in [5.41, 5.74) is 5.19. The Morgan fingerprint density at radius 1 is 1.67 bits per heavy atom. The average Bonchev–Trinajstić information content (AvgIpc) is 2.06. The molecular formula is C9H18N2O. The van der Waals surface area contributed by atoms with Crippen LogP contribution in [0.1, 0.15) is 32.6 Å². The largest absolute Gasteiger partial charge is 0.369 e. The van der Waals surface area contributed by atoms with E-state index in [1.807, 2.05) is 6.92 Å². The fourth-order valence-electron chi connectivity index (χ4n) is 1.67. The van der Waals surface area contributed by atoms with E-state index in [1.54, 1.807) is 0 Å². The van der Waals surface area contributed by atoms with E-state index >= 15 is 0 Å². The Kier molecular flexibility index (Phi) is 3.53. The van der Waals surface area contributed by atoms with E-state index in [-0.39, 0.29) is 11.8 Å². The van der Waals surface area contributed by atoms with E-state index in [2.05, 4.69) is 5.32 Å². The van der Waals surface area contributed by atoms with Crippen LogP contribution in [0.15, 0.2) is 0 Å². The molecule has 0 aromatic carbocycles. The maximum Gasteiger partial charge on any atom is 0.220 e. The van der Waals surface area contributed by atoms with Crippen LogP contribution in [-0.2, 0) is 4.79 Å². The molecule has 0 aromatic heterocycles. The monoisotopic (exact) mass is 170 g/mol. The molecule has 1 aliphatic rings. The van der Waals surface area contributed by atoms with E-state index in [4.69, 9.17) is 5.73 Å². The molecular weight excluding hydrogens is 152 g/mol. The molecule has 70 valence electrons. The molecule has 0 unspecified atom stereocenters. The van der Waals surface area contributed by atoms with Crippen LogP contribution in [0, 0.1) is 5.92 Å². The van der Waals surface area contributed by atoms with Gasteiger partial charge in [0.05, 0.1) is 0 Å². The van der Waals surface area contributed by atoms with Gasteiger partial charge in [0.15, 0.2) is 0 Å². The number of rotatable bonds is 3. The highest BCUT2D eigenvalue weighted by molar-refractivity contribution is 5.76. The summed E-state index contributed by atoms with van der Waals surface area (Å²) in [5, 5.41) is 3.40. The molecule has 2 atom stereocenters. The third kappa shape index (κ3) is 2.81. The zero-order chi connectivity index (χ0) is 8.97. The van der Waals surface area contributed by atoms with Crippen LogP contribution in [-0.4, -0.2) is 18.5 Å². The quantitative estimate of drug-likeness (QED) is 0.653. The molecule has 12 heavy (non-hydrogen) atoms. The third-order valence-electron chi connectivity index (χ3n) is 2.54. The van der Waals surface area contributed by atoms with Gasteiger partial charge < -0.3 is 11.1 Å². The third-order valence-corrected chi connectivity index (χ3v) is 2.54. The second-order valence-electron chi connectivity index (χ2n) is 3.69. The summed E-state index contributed by atoms with van der Waals surface area (Å²) in [6.07, 6.45) is 4.64. The summed E-state index contributed by atoms with van der Waals surface area (Å²) in [7, 11) is 0. The lowest BCUT2D eigenvalue weighted by atomic mass is 9.95. The minimum atomic E-state index is -0.178. The highest BCUT2D eigenvalue weighted by atomic mass is 16.1. The maximum absolute atomic E-state index is 10.8. The lowest BCUT2D eigenvalue weighted by Gasteiger charge is -2.24. The summed E-state index contributed by atoms with van der Waals surface area (Å²) in [4.78, 5) is 10.8. The molecule has 3 heteroatoms. The van der Waals surface area contributed by atoms with Crippen molar-refractivity contribution in [2.24, 2.45) is 11.7 Å². The minimum Gasteiger partial charge on any atom is -0.369 e. The Balaban J connectivity index is 2.24. The van der Waals surface area contributed by atoms with Gasteiger partial charge in [0.25, 0.3) is 0 Å². The van der Waals surface area contributed by atoms with Gasteiger partial charge >= 0.3 is 0 Å². The van der Waals surface area contributed by atoms with Crippen LogP contribution in [0.3, 0.4) is 0 Å². The first-order valence-electron chi connectivity index (χ1n) is 4.73. The Bertz CT molecular complexity index is 153. The van der Waals surface area contributed by atoms with Crippen LogP contribution < -0.4 is 11.1 Å². The molecule has 1 aliphatic heterocycles. The van der Waals surface area contributed by atoms with Gasteiger partial charge in [-0.05, 0) is 25.8 Å². The zero-order valence-corrected chi connectivity index (χ0v) is 7.68. The second kappa shape index (κ2) is 4.45. The smallest absolute Gasteiger partial charge is 0.220 e. The van der Waals surface area contributed by atoms with Gasteiger partial charge in [-0.15, -0.1) is 0 Å². The van der Waals surface area contributed by atoms with Crippen LogP contribution in [0.2, 0.25) is 0 Å².